The van der Waals surface area contributed by atoms with Gasteiger partial charge in [0.05, 0.1) is 21.1 Å². The van der Waals surface area contributed by atoms with Crippen LogP contribution in [0.2, 0.25) is 10.0 Å². The molecule has 0 radical (unpaired) electrons. The van der Waals surface area contributed by atoms with Gasteiger partial charge in [0.1, 0.15) is 0 Å². The Morgan fingerprint density at radius 1 is 1.16 bits per heavy atom. The maximum absolute atomic E-state index is 6.12. The molecule has 1 saturated carbocycles. The fourth-order valence-electron chi connectivity index (χ4n) is 2.99. The summed E-state index contributed by atoms with van der Waals surface area (Å²) in [6, 6.07) is 4.09. The van der Waals surface area contributed by atoms with Crippen molar-refractivity contribution in [3.63, 3.8) is 0 Å². The van der Waals surface area contributed by atoms with Crippen molar-refractivity contribution in [3.05, 3.63) is 22.2 Å². The van der Waals surface area contributed by atoms with Crippen molar-refractivity contribution >= 4 is 40.2 Å². The second-order valence-corrected chi connectivity index (χ2v) is 6.32. The van der Waals surface area contributed by atoms with E-state index in [0.717, 1.165) is 29.8 Å². The highest BCUT2D eigenvalue weighted by Crippen LogP contribution is 2.37. The first-order chi connectivity index (χ1) is 9.06. The number of hydrogen-bond donors (Lipinski definition) is 1. The van der Waals surface area contributed by atoms with Gasteiger partial charge in [-0.2, -0.15) is 0 Å². The van der Waals surface area contributed by atoms with Gasteiger partial charge in [-0.3, -0.25) is 0 Å². The Morgan fingerprint density at radius 3 is 2.47 bits per heavy atom. The third-order valence-corrected chi connectivity index (χ3v) is 4.83. The highest BCUT2D eigenvalue weighted by atomic mass is 35.5. The van der Waals surface area contributed by atoms with Crippen LogP contribution in [0.15, 0.2) is 12.1 Å². The number of fused-ring (bicyclic) bond motifs is 1. The predicted octanol–water partition coefficient (Wildman–Crippen LogP) is 4.68. The zero-order valence-corrected chi connectivity index (χ0v) is 12.4. The molecule has 5 heteroatoms. The molecule has 1 aromatic heterocycles. The summed E-state index contributed by atoms with van der Waals surface area (Å²) in [7, 11) is 0. The van der Waals surface area contributed by atoms with E-state index in [-0.39, 0.29) is 0 Å². The molecule has 1 aromatic carbocycles. The fraction of sp³-hybridized carbons (Fsp3) is 0.500. The lowest BCUT2D eigenvalue weighted by atomic mass is 9.87. The Hall–Kier alpha value is -0.930. The summed E-state index contributed by atoms with van der Waals surface area (Å²) in [5.41, 5.74) is 7.90. The second kappa shape index (κ2) is 4.88. The molecule has 0 unspecified atom stereocenters. The zero-order chi connectivity index (χ0) is 13.6. The van der Waals surface area contributed by atoms with E-state index in [9.17, 15) is 0 Å². The van der Waals surface area contributed by atoms with E-state index in [1.165, 1.54) is 12.8 Å². The van der Waals surface area contributed by atoms with Crippen molar-refractivity contribution in [3.8, 4) is 0 Å². The van der Waals surface area contributed by atoms with Crippen molar-refractivity contribution in [2.75, 3.05) is 5.73 Å². The molecule has 0 amide bonds. The highest BCUT2D eigenvalue weighted by Gasteiger charge is 2.23. The lowest BCUT2D eigenvalue weighted by Crippen LogP contribution is -2.18. The van der Waals surface area contributed by atoms with Crippen molar-refractivity contribution in [1.29, 1.82) is 0 Å². The normalized spacial score (nSPS) is 23.9. The van der Waals surface area contributed by atoms with E-state index < -0.39 is 0 Å². The van der Waals surface area contributed by atoms with Gasteiger partial charge in [-0.25, -0.2) is 4.98 Å². The molecule has 1 aliphatic rings. The van der Waals surface area contributed by atoms with Crippen molar-refractivity contribution in [2.24, 2.45) is 5.92 Å². The first kappa shape index (κ1) is 13.1. The zero-order valence-electron chi connectivity index (χ0n) is 10.9. The maximum Gasteiger partial charge on any atom is 0.201 e. The summed E-state index contributed by atoms with van der Waals surface area (Å²) in [5, 5.41) is 1.08. The molecule has 3 rings (SSSR count). The van der Waals surface area contributed by atoms with Crippen molar-refractivity contribution in [1.82, 2.24) is 9.55 Å². The summed E-state index contributed by atoms with van der Waals surface area (Å²) >= 11 is 12.1. The van der Waals surface area contributed by atoms with Gasteiger partial charge < -0.3 is 10.3 Å². The summed E-state index contributed by atoms with van der Waals surface area (Å²) in [5.74, 6) is 1.37. The standard InChI is InChI=1S/C14H17Cl2N3/c1-8-2-4-9(5-3-8)19-13-7-11(16)10(15)6-12(13)18-14(19)17/h6-9H,2-5H2,1H3,(H2,17,18). The van der Waals surface area contributed by atoms with Gasteiger partial charge in [-0.15, -0.1) is 0 Å². The Balaban J connectivity index is 2.07. The van der Waals surface area contributed by atoms with Crippen LogP contribution in [0.3, 0.4) is 0 Å². The van der Waals surface area contributed by atoms with Crippen LogP contribution >= 0.6 is 23.2 Å². The summed E-state index contributed by atoms with van der Waals surface area (Å²) in [6.07, 6.45) is 4.78. The van der Waals surface area contributed by atoms with Gasteiger partial charge >= 0.3 is 0 Å². The lowest BCUT2D eigenvalue weighted by Gasteiger charge is -2.28. The Bertz CT molecular complexity index is 613. The van der Waals surface area contributed by atoms with Crippen LogP contribution < -0.4 is 5.73 Å². The lowest BCUT2D eigenvalue weighted by molar-refractivity contribution is 0.296. The number of nitrogen functional groups attached to an aromatic ring is 1. The number of hydrogen-bond acceptors (Lipinski definition) is 2. The van der Waals surface area contributed by atoms with E-state index >= 15 is 0 Å². The molecule has 3 nitrogen and oxygen atoms in total. The maximum atomic E-state index is 6.12. The van der Waals surface area contributed by atoms with Gasteiger partial charge in [-0.05, 0) is 43.7 Å². The fourth-order valence-corrected chi connectivity index (χ4v) is 3.31. The molecule has 1 heterocycles. The topological polar surface area (TPSA) is 43.8 Å². The molecule has 0 saturated heterocycles. The predicted molar refractivity (Wildman–Crippen MR) is 80.8 cm³/mol. The Labute approximate surface area is 122 Å². The second-order valence-electron chi connectivity index (χ2n) is 5.51. The molecule has 1 fully saturated rings. The number of rotatable bonds is 1. The van der Waals surface area contributed by atoms with Crippen LogP contribution in [0.5, 0.6) is 0 Å². The van der Waals surface area contributed by atoms with E-state index in [1.807, 2.05) is 6.07 Å². The minimum Gasteiger partial charge on any atom is -0.369 e. The van der Waals surface area contributed by atoms with Crippen molar-refractivity contribution in [2.45, 2.75) is 38.6 Å². The van der Waals surface area contributed by atoms with Crippen molar-refractivity contribution < 1.29 is 0 Å². The average molecular weight is 298 g/mol. The van der Waals surface area contributed by atoms with Crippen LogP contribution in [0, 0.1) is 5.92 Å². The minimum atomic E-state index is 0.429. The van der Waals surface area contributed by atoms with E-state index in [4.69, 9.17) is 28.9 Å². The molecule has 2 N–H and O–H groups in total. The molecule has 0 spiro atoms. The summed E-state index contributed by atoms with van der Waals surface area (Å²) in [4.78, 5) is 4.41. The quantitative estimate of drug-likeness (QED) is 0.831. The van der Waals surface area contributed by atoms with E-state index in [0.29, 0.717) is 22.0 Å². The number of benzene rings is 1. The number of nitrogens with zero attached hydrogens (tertiary/aromatic N) is 2. The summed E-state index contributed by atoms with van der Waals surface area (Å²) < 4.78 is 2.13. The Kier molecular flexibility index (Phi) is 3.35. The van der Waals surface area contributed by atoms with Gasteiger partial charge in [0, 0.05) is 6.04 Å². The van der Waals surface area contributed by atoms with Gasteiger partial charge in [0.2, 0.25) is 5.95 Å². The van der Waals surface area contributed by atoms with E-state index in [2.05, 4.69) is 16.5 Å². The van der Waals surface area contributed by atoms with Gasteiger partial charge in [0.25, 0.3) is 0 Å². The third-order valence-electron chi connectivity index (χ3n) is 4.11. The highest BCUT2D eigenvalue weighted by molar-refractivity contribution is 6.42. The molecule has 102 valence electrons. The molecular weight excluding hydrogens is 281 g/mol. The average Bonchev–Trinajstić information content (AvgIpc) is 2.67. The molecule has 0 bridgehead atoms. The van der Waals surface area contributed by atoms with Crippen LogP contribution in [-0.2, 0) is 0 Å². The van der Waals surface area contributed by atoms with Crippen LogP contribution in [0.4, 0.5) is 5.95 Å². The van der Waals surface area contributed by atoms with Gasteiger partial charge in [-0.1, -0.05) is 30.1 Å². The number of halogens is 2. The molecule has 19 heavy (non-hydrogen) atoms. The number of anilines is 1. The van der Waals surface area contributed by atoms with Gasteiger partial charge in [0.15, 0.2) is 0 Å². The molecule has 0 aliphatic heterocycles. The number of imidazole rings is 1. The van der Waals surface area contributed by atoms with E-state index in [1.54, 1.807) is 6.07 Å². The Morgan fingerprint density at radius 2 is 1.79 bits per heavy atom. The largest absolute Gasteiger partial charge is 0.369 e. The van der Waals surface area contributed by atoms with Crippen LogP contribution in [0.1, 0.15) is 38.6 Å². The minimum absolute atomic E-state index is 0.429. The molecular formula is C14H17Cl2N3. The first-order valence-electron chi connectivity index (χ1n) is 6.68. The number of aromatic nitrogens is 2. The van der Waals surface area contributed by atoms with Crippen LogP contribution in [0.25, 0.3) is 11.0 Å². The monoisotopic (exact) mass is 297 g/mol. The smallest absolute Gasteiger partial charge is 0.201 e. The first-order valence-corrected chi connectivity index (χ1v) is 7.44. The summed E-state index contributed by atoms with van der Waals surface area (Å²) in [6.45, 7) is 2.31. The molecule has 0 atom stereocenters. The third kappa shape index (κ3) is 2.30. The van der Waals surface area contributed by atoms with Crippen LogP contribution in [-0.4, -0.2) is 9.55 Å². The molecule has 2 aromatic rings. The SMILES string of the molecule is CC1CCC(n2c(N)nc3cc(Cl)c(Cl)cc32)CC1. The number of nitrogens with two attached hydrogens (primary N) is 1. The molecule has 1 aliphatic carbocycles.